The van der Waals surface area contributed by atoms with Crippen molar-refractivity contribution in [3.63, 3.8) is 0 Å². The molecule has 2 fully saturated rings. The molecule has 0 aromatic heterocycles. The summed E-state index contributed by atoms with van der Waals surface area (Å²) in [4.78, 5) is 10.7. The first-order valence-corrected chi connectivity index (χ1v) is 3.81. The van der Waals surface area contributed by atoms with Crippen LogP contribution in [0.3, 0.4) is 0 Å². The molecule has 2 rings (SSSR count). The van der Waals surface area contributed by atoms with Gasteiger partial charge in [-0.3, -0.25) is 10.1 Å². The van der Waals surface area contributed by atoms with E-state index in [-0.39, 0.29) is 24.2 Å². The van der Waals surface area contributed by atoms with E-state index in [4.69, 9.17) is 5.73 Å². The van der Waals surface area contributed by atoms with E-state index in [2.05, 4.69) is 5.32 Å². The topological polar surface area (TPSA) is 55.1 Å². The fourth-order valence-corrected chi connectivity index (χ4v) is 1.95. The number of alkyl halides is 1. The third-order valence-corrected chi connectivity index (χ3v) is 2.80. The average molecular weight is 158 g/mol. The van der Waals surface area contributed by atoms with Gasteiger partial charge in [0, 0.05) is 0 Å². The van der Waals surface area contributed by atoms with E-state index in [0.717, 1.165) is 12.8 Å². The van der Waals surface area contributed by atoms with Crippen LogP contribution in [-0.4, -0.2) is 24.2 Å². The van der Waals surface area contributed by atoms with Crippen LogP contribution in [0.4, 0.5) is 4.39 Å². The highest BCUT2D eigenvalue weighted by Gasteiger charge is 2.61. The van der Waals surface area contributed by atoms with Crippen molar-refractivity contribution in [2.45, 2.75) is 24.4 Å². The molecule has 62 valence electrons. The van der Waals surface area contributed by atoms with Crippen LogP contribution in [0.5, 0.6) is 0 Å². The van der Waals surface area contributed by atoms with Crippen LogP contribution in [0.2, 0.25) is 0 Å². The summed E-state index contributed by atoms with van der Waals surface area (Å²) < 4.78 is 12.3. The molecule has 3 nitrogen and oxygen atoms in total. The Morgan fingerprint density at radius 1 is 1.82 bits per heavy atom. The van der Waals surface area contributed by atoms with Crippen LogP contribution in [0.1, 0.15) is 12.8 Å². The number of primary amides is 1. The van der Waals surface area contributed by atoms with E-state index in [0.29, 0.717) is 5.92 Å². The Kier molecular flexibility index (Phi) is 1.24. The van der Waals surface area contributed by atoms with Crippen LogP contribution < -0.4 is 11.1 Å². The van der Waals surface area contributed by atoms with Crippen molar-refractivity contribution in [1.82, 2.24) is 5.32 Å². The molecular weight excluding hydrogens is 147 g/mol. The molecule has 4 heteroatoms. The van der Waals surface area contributed by atoms with E-state index in [1.54, 1.807) is 0 Å². The number of halogens is 1. The predicted molar refractivity (Wildman–Crippen MR) is 37.5 cm³/mol. The summed E-state index contributed by atoms with van der Waals surface area (Å²) in [5.74, 6) is -0.00461. The van der Waals surface area contributed by atoms with E-state index >= 15 is 0 Å². The molecule has 1 saturated heterocycles. The second-order valence-electron chi connectivity index (χ2n) is 3.53. The number of nitrogens with one attached hydrogen (secondary N) is 1. The Morgan fingerprint density at radius 3 is 2.91 bits per heavy atom. The zero-order chi connectivity index (χ0) is 8.06. The first kappa shape index (κ1) is 7.03. The number of fused-ring (bicyclic) bond motifs is 1. The van der Waals surface area contributed by atoms with Gasteiger partial charge in [0.05, 0.1) is 11.6 Å². The van der Waals surface area contributed by atoms with Gasteiger partial charge in [0.2, 0.25) is 5.91 Å². The Morgan fingerprint density at radius 2 is 2.55 bits per heavy atom. The van der Waals surface area contributed by atoms with Crippen molar-refractivity contribution in [3.05, 3.63) is 0 Å². The third kappa shape index (κ3) is 0.854. The fourth-order valence-electron chi connectivity index (χ4n) is 1.95. The van der Waals surface area contributed by atoms with Gasteiger partial charge < -0.3 is 5.73 Å². The molecule has 2 aliphatic rings. The normalized spacial score (nSPS) is 47.0. The Bertz CT molecular complexity index is 205. The molecular formula is C7H11FN2O. The maximum Gasteiger partial charge on any atom is 0.234 e. The van der Waals surface area contributed by atoms with Crippen molar-refractivity contribution in [2.24, 2.45) is 11.7 Å². The van der Waals surface area contributed by atoms with E-state index < -0.39 is 0 Å². The Hall–Kier alpha value is -0.640. The lowest BCUT2D eigenvalue weighted by Crippen LogP contribution is -2.44. The first-order valence-electron chi connectivity index (χ1n) is 3.81. The number of hydrogen-bond donors (Lipinski definition) is 2. The molecule has 0 radical (unpaired) electrons. The van der Waals surface area contributed by atoms with Crippen LogP contribution in [0.15, 0.2) is 0 Å². The third-order valence-electron chi connectivity index (χ3n) is 2.80. The zero-order valence-corrected chi connectivity index (χ0v) is 6.14. The van der Waals surface area contributed by atoms with Gasteiger partial charge >= 0.3 is 0 Å². The molecule has 0 aromatic carbocycles. The molecule has 1 saturated carbocycles. The second kappa shape index (κ2) is 1.94. The minimum absolute atomic E-state index is 0.288. The van der Waals surface area contributed by atoms with Gasteiger partial charge in [0.25, 0.3) is 0 Å². The summed E-state index contributed by atoms with van der Waals surface area (Å²) in [5, 5.41) is 2.94. The molecule has 3 N–H and O–H groups in total. The highest BCUT2D eigenvalue weighted by atomic mass is 19.1. The molecule has 1 aliphatic heterocycles. The zero-order valence-electron chi connectivity index (χ0n) is 6.14. The molecule has 0 spiro atoms. The molecule has 0 aromatic rings. The number of amides is 1. The fraction of sp³-hybridized carbons (Fsp3) is 0.857. The van der Waals surface area contributed by atoms with Crippen LogP contribution in [-0.2, 0) is 4.79 Å². The summed E-state index contributed by atoms with van der Waals surface area (Å²) in [6, 6.07) is -0.288. The Labute approximate surface area is 64.1 Å². The van der Waals surface area contributed by atoms with Gasteiger partial charge in [-0.15, -0.1) is 0 Å². The quantitative estimate of drug-likeness (QED) is 0.572. The number of rotatable bonds is 2. The van der Waals surface area contributed by atoms with Crippen molar-refractivity contribution < 1.29 is 9.18 Å². The van der Waals surface area contributed by atoms with Crippen LogP contribution in [0, 0.1) is 5.92 Å². The van der Waals surface area contributed by atoms with E-state index in [1.807, 2.05) is 0 Å². The van der Waals surface area contributed by atoms with Gasteiger partial charge in [-0.2, -0.15) is 0 Å². The molecule has 11 heavy (non-hydrogen) atoms. The smallest absolute Gasteiger partial charge is 0.234 e. The molecule has 3 unspecified atom stereocenters. The van der Waals surface area contributed by atoms with Gasteiger partial charge in [0.1, 0.15) is 6.67 Å². The van der Waals surface area contributed by atoms with Crippen molar-refractivity contribution in [3.8, 4) is 0 Å². The number of hydrogen-bond acceptors (Lipinski definition) is 2. The minimum atomic E-state index is -0.374. The highest BCUT2D eigenvalue weighted by molar-refractivity contribution is 5.80. The number of carbonyl (C=O) groups excluding carboxylic acids is 1. The monoisotopic (exact) mass is 158 g/mol. The lowest BCUT2D eigenvalue weighted by Gasteiger charge is -2.12. The highest BCUT2D eigenvalue weighted by Crippen LogP contribution is 2.51. The summed E-state index contributed by atoms with van der Waals surface area (Å²) >= 11 is 0. The SMILES string of the molecule is NC(=O)C1CC2CC2(CF)N1. The summed E-state index contributed by atoms with van der Waals surface area (Å²) in [6.07, 6.45) is 1.59. The first-order chi connectivity index (χ1) is 5.18. The maximum atomic E-state index is 12.3. The minimum Gasteiger partial charge on any atom is -0.368 e. The van der Waals surface area contributed by atoms with Gasteiger partial charge in [-0.05, 0) is 18.8 Å². The largest absolute Gasteiger partial charge is 0.368 e. The number of carbonyl (C=O) groups is 1. The van der Waals surface area contributed by atoms with Gasteiger partial charge in [-0.1, -0.05) is 0 Å². The number of piperidine rings is 1. The number of nitrogens with two attached hydrogens (primary N) is 1. The van der Waals surface area contributed by atoms with Gasteiger partial charge in [-0.25, -0.2) is 4.39 Å². The van der Waals surface area contributed by atoms with Crippen molar-refractivity contribution in [2.75, 3.05) is 6.67 Å². The van der Waals surface area contributed by atoms with E-state index in [1.165, 1.54) is 0 Å². The van der Waals surface area contributed by atoms with Crippen LogP contribution >= 0.6 is 0 Å². The molecule has 0 bridgehead atoms. The van der Waals surface area contributed by atoms with E-state index in [9.17, 15) is 9.18 Å². The van der Waals surface area contributed by atoms with Gasteiger partial charge in [0.15, 0.2) is 0 Å². The molecule has 3 atom stereocenters. The Balaban J connectivity index is 2.02. The predicted octanol–water partition coefficient (Wildman–Crippen LogP) is -0.438. The average Bonchev–Trinajstić information content (AvgIpc) is 2.55. The molecule has 1 amide bonds. The summed E-state index contributed by atoms with van der Waals surface area (Å²) in [7, 11) is 0. The van der Waals surface area contributed by atoms with Crippen molar-refractivity contribution in [1.29, 1.82) is 0 Å². The lowest BCUT2D eigenvalue weighted by atomic mass is 10.2. The standard InChI is InChI=1S/C7H11FN2O/c8-3-7-2-4(7)1-5(10-7)6(9)11/h4-5,10H,1-3H2,(H2,9,11). The second-order valence-corrected chi connectivity index (χ2v) is 3.53. The van der Waals surface area contributed by atoms with Crippen molar-refractivity contribution >= 4 is 5.91 Å². The van der Waals surface area contributed by atoms with Crippen LogP contribution in [0.25, 0.3) is 0 Å². The summed E-state index contributed by atoms with van der Waals surface area (Å²) in [5.41, 5.74) is 4.71. The lowest BCUT2D eigenvalue weighted by molar-refractivity contribution is -0.120. The molecule has 1 heterocycles. The maximum absolute atomic E-state index is 12.3. The summed E-state index contributed by atoms with van der Waals surface area (Å²) in [6.45, 7) is -0.374. The molecule has 1 aliphatic carbocycles.